The zero-order valence-electron chi connectivity index (χ0n) is 12.3. The fourth-order valence-electron chi connectivity index (χ4n) is 1.79. The maximum Gasteiger partial charge on any atom is 0.240 e. The largest absolute Gasteiger partial charge is 0.326 e. The van der Waals surface area contributed by atoms with Gasteiger partial charge in [-0.05, 0) is 36.1 Å². The van der Waals surface area contributed by atoms with Gasteiger partial charge in [0.25, 0.3) is 0 Å². The molecule has 0 fully saturated rings. The quantitative estimate of drug-likeness (QED) is 0.555. The van der Waals surface area contributed by atoms with Crippen molar-refractivity contribution in [1.82, 2.24) is 5.43 Å². The van der Waals surface area contributed by atoms with Gasteiger partial charge in [-0.2, -0.15) is 5.10 Å². The molecule has 0 atom stereocenters. The van der Waals surface area contributed by atoms with Gasteiger partial charge < -0.3 is 5.32 Å². The molecule has 23 heavy (non-hydrogen) atoms. The van der Waals surface area contributed by atoms with Crippen LogP contribution in [-0.4, -0.2) is 18.0 Å². The number of rotatable bonds is 7. The molecule has 120 valence electrons. The number of carbonyl (C=O) groups is 2. The number of halogens is 1. The number of nitrogens with one attached hydrogen (secondary N) is 2. The Hall–Kier alpha value is -1.99. The van der Waals surface area contributed by atoms with Crippen molar-refractivity contribution in [2.75, 3.05) is 5.32 Å². The molecule has 2 N–H and O–H groups in total. The first-order chi connectivity index (χ1) is 11.1. The number of thiophene rings is 1. The summed E-state index contributed by atoms with van der Waals surface area (Å²) in [6, 6.07) is 11.2. The monoisotopic (exact) mass is 393 g/mol. The molecule has 2 aromatic rings. The molecule has 0 saturated heterocycles. The van der Waals surface area contributed by atoms with Crippen LogP contribution in [0.1, 0.15) is 24.1 Å². The highest BCUT2D eigenvalue weighted by Crippen LogP contribution is 2.16. The van der Waals surface area contributed by atoms with Crippen molar-refractivity contribution in [2.45, 2.75) is 19.3 Å². The van der Waals surface area contributed by atoms with Crippen molar-refractivity contribution in [3.8, 4) is 0 Å². The summed E-state index contributed by atoms with van der Waals surface area (Å²) in [5.41, 5.74) is 3.18. The van der Waals surface area contributed by atoms with E-state index < -0.39 is 0 Å². The summed E-state index contributed by atoms with van der Waals surface area (Å²) in [4.78, 5) is 24.4. The highest BCUT2D eigenvalue weighted by Gasteiger charge is 2.05. The minimum absolute atomic E-state index is 0.113. The lowest BCUT2D eigenvalue weighted by atomic mass is 10.2. The molecule has 0 aliphatic rings. The van der Waals surface area contributed by atoms with E-state index in [9.17, 15) is 9.59 Å². The predicted octanol–water partition coefficient (Wildman–Crippen LogP) is 3.77. The number of hydrogen-bond donors (Lipinski definition) is 2. The Bertz CT molecular complexity index is 686. The molecule has 5 nitrogen and oxygen atoms in total. The van der Waals surface area contributed by atoms with E-state index in [1.807, 2.05) is 41.8 Å². The molecular formula is C16H16BrN3O2S. The maximum absolute atomic E-state index is 11.8. The van der Waals surface area contributed by atoms with Crippen LogP contribution in [0.5, 0.6) is 0 Å². The fraction of sp³-hybridized carbons (Fsp3) is 0.188. The molecule has 0 aliphatic carbocycles. The van der Waals surface area contributed by atoms with Crippen molar-refractivity contribution >= 4 is 51.0 Å². The molecule has 0 aliphatic heterocycles. The smallest absolute Gasteiger partial charge is 0.240 e. The first-order valence-corrected chi connectivity index (χ1v) is 8.71. The molecule has 1 heterocycles. The summed E-state index contributed by atoms with van der Waals surface area (Å²) < 4.78 is 0.901. The summed E-state index contributed by atoms with van der Waals surface area (Å²) >= 11 is 4.89. The molecular weight excluding hydrogens is 378 g/mol. The second-order valence-corrected chi connectivity index (χ2v) is 6.62. The number of benzene rings is 1. The average molecular weight is 394 g/mol. The van der Waals surface area contributed by atoms with E-state index in [-0.39, 0.29) is 24.7 Å². The highest BCUT2D eigenvalue weighted by molar-refractivity contribution is 9.10. The Morgan fingerprint density at radius 3 is 2.74 bits per heavy atom. The van der Waals surface area contributed by atoms with Crippen molar-refractivity contribution in [1.29, 1.82) is 0 Å². The van der Waals surface area contributed by atoms with Crippen LogP contribution in [0.25, 0.3) is 0 Å². The van der Waals surface area contributed by atoms with E-state index in [4.69, 9.17) is 0 Å². The zero-order chi connectivity index (χ0) is 16.5. The van der Waals surface area contributed by atoms with Crippen molar-refractivity contribution < 1.29 is 9.59 Å². The first-order valence-electron chi connectivity index (χ1n) is 7.04. The summed E-state index contributed by atoms with van der Waals surface area (Å²) in [6.07, 6.45) is 2.62. The van der Waals surface area contributed by atoms with Gasteiger partial charge in [0, 0.05) is 27.9 Å². The van der Waals surface area contributed by atoms with Crippen LogP contribution >= 0.6 is 27.3 Å². The summed E-state index contributed by atoms with van der Waals surface area (Å²) in [7, 11) is 0. The number of carbonyl (C=O) groups excluding carboxylic acids is 2. The van der Waals surface area contributed by atoms with Gasteiger partial charge in [0.2, 0.25) is 11.8 Å². The molecule has 2 amide bonds. The van der Waals surface area contributed by atoms with E-state index >= 15 is 0 Å². The third kappa shape index (κ3) is 6.75. The van der Waals surface area contributed by atoms with Gasteiger partial charge in [-0.3, -0.25) is 9.59 Å². The van der Waals surface area contributed by atoms with E-state index in [0.29, 0.717) is 6.42 Å². The molecule has 0 unspecified atom stereocenters. The van der Waals surface area contributed by atoms with Crippen LogP contribution in [-0.2, 0) is 9.59 Å². The lowest BCUT2D eigenvalue weighted by Gasteiger charge is -2.05. The number of nitrogens with zero attached hydrogens (tertiary/aromatic N) is 1. The van der Waals surface area contributed by atoms with Gasteiger partial charge in [0.15, 0.2) is 0 Å². The molecule has 0 radical (unpaired) electrons. The van der Waals surface area contributed by atoms with Crippen LogP contribution in [0.2, 0.25) is 0 Å². The Morgan fingerprint density at radius 2 is 2.00 bits per heavy atom. The van der Waals surface area contributed by atoms with Crippen LogP contribution < -0.4 is 10.7 Å². The maximum atomic E-state index is 11.8. The van der Waals surface area contributed by atoms with E-state index in [1.165, 1.54) is 0 Å². The summed E-state index contributed by atoms with van der Waals surface area (Å²) in [5.74, 6) is -0.314. The normalized spacial score (nSPS) is 10.7. The van der Waals surface area contributed by atoms with Gasteiger partial charge >= 0.3 is 0 Å². The highest BCUT2D eigenvalue weighted by atomic mass is 79.9. The molecule has 0 bridgehead atoms. The van der Waals surface area contributed by atoms with Gasteiger partial charge in [0.1, 0.15) is 0 Å². The summed E-state index contributed by atoms with van der Waals surface area (Å²) in [6.45, 7) is 0. The number of anilines is 1. The number of amides is 2. The number of hydrogen-bond acceptors (Lipinski definition) is 4. The Labute approximate surface area is 146 Å². The van der Waals surface area contributed by atoms with E-state index in [0.717, 1.165) is 15.0 Å². The summed E-state index contributed by atoms with van der Waals surface area (Å²) in [5, 5.41) is 8.60. The van der Waals surface area contributed by atoms with Crippen LogP contribution in [0.4, 0.5) is 5.69 Å². The topological polar surface area (TPSA) is 70.6 Å². The van der Waals surface area contributed by atoms with E-state index in [1.54, 1.807) is 17.6 Å². The molecule has 1 aromatic carbocycles. The molecule has 1 aromatic heterocycles. The van der Waals surface area contributed by atoms with Crippen molar-refractivity contribution in [3.05, 3.63) is 51.1 Å². The number of hydrazone groups is 1. The lowest BCUT2D eigenvalue weighted by molar-refractivity contribution is -0.121. The third-order valence-electron chi connectivity index (χ3n) is 2.84. The molecule has 0 spiro atoms. The second-order valence-electron chi connectivity index (χ2n) is 4.72. The van der Waals surface area contributed by atoms with Crippen molar-refractivity contribution in [3.63, 3.8) is 0 Å². The molecule has 0 saturated carbocycles. The second kappa shape index (κ2) is 9.22. The Balaban J connectivity index is 1.64. The average Bonchev–Trinajstić information content (AvgIpc) is 3.00. The van der Waals surface area contributed by atoms with E-state index in [2.05, 4.69) is 31.8 Å². The third-order valence-corrected chi connectivity index (χ3v) is 4.14. The van der Waals surface area contributed by atoms with Crippen LogP contribution in [0, 0.1) is 0 Å². The van der Waals surface area contributed by atoms with Gasteiger partial charge in [0.05, 0.1) is 6.21 Å². The first kappa shape index (κ1) is 17.4. The SMILES string of the molecule is O=C(CCCC(=O)Nc1cccc(Br)c1)N/N=C\c1cccs1. The predicted molar refractivity (Wildman–Crippen MR) is 96.7 cm³/mol. The van der Waals surface area contributed by atoms with Gasteiger partial charge in [-0.25, -0.2) is 5.43 Å². The standard InChI is InChI=1S/C16H16BrN3O2S/c17-12-4-1-5-13(10-12)19-15(21)7-2-8-16(22)20-18-11-14-6-3-9-23-14/h1,3-6,9-11H,2,7-8H2,(H,19,21)(H,20,22)/b18-11-. The van der Waals surface area contributed by atoms with Crippen LogP contribution in [0.3, 0.4) is 0 Å². The van der Waals surface area contributed by atoms with Gasteiger partial charge in [-0.1, -0.05) is 28.1 Å². The lowest BCUT2D eigenvalue weighted by Crippen LogP contribution is -2.18. The minimum Gasteiger partial charge on any atom is -0.326 e. The molecule has 2 rings (SSSR count). The molecule has 7 heteroatoms. The van der Waals surface area contributed by atoms with Gasteiger partial charge in [-0.15, -0.1) is 11.3 Å². The fourth-order valence-corrected chi connectivity index (χ4v) is 2.77. The van der Waals surface area contributed by atoms with Crippen molar-refractivity contribution in [2.24, 2.45) is 5.10 Å². The van der Waals surface area contributed by atoms with Crippen LogP contribution in [0.15, 0.2) is 51.4 Å². The Morgan fingerprint density at radius 1 is 1.17 bits per heavy atom. The zero-order valence-corrected chi connectivity index (χ0v) is 14.7. The Kier molecular flexibility index (Phi) is 6.96. The minimum atomic E-state index is -0.201.